The maximum atomic E-state index is 13.6. The number of hydrogen-bond donors (Lipinski definition) is 2. The van der Waals surface area contributed by atoms with Gasteiger partial charge in [-0.15, -0.1) is 0 Å². The van der Waals surface area contributed by atoms with Gasteiger partial charge in [0.05, 0.1) is 30.9 Å². The zero-order valence-corrected chi connectivity index (χ0v) is 18.9. The number of nitrogens with zero attached hydrogens (tertiary/aromatic N) is 3. The van der Waals surface area contributed by atoms with Crippen molar-refractivity contribution in [1.82, 2.24) is 14.5 Å². The van der Waals surface area contributed by atoms with Crippen LogP contribution in [0.15, 0.2) is 48.9 Å². The van der Waals surface area contributed by atoms with Gasteiger partial charge in [-0.1, -0.05) is 6.07 Å². The highest BCUT2D eigenvalue weighted by Gasteiger charge is 2.22. The number of halogens is 3. The molecule has 0 fully saturated rings. The average molecular weight is 470 g/mol. The third-order valence-corrected chi connectivity index (χ3v) is 5.85. The summed E-state index contributed by atoms with van der Waals surface area (Å²) in [7, 11) is 1.60. The molecule has 1 atom stereocenters. The summed E-state index contributed by atoms with van der Waals surface area (Å²) in [6.45, 7) is 2.34. The van der Waals surface area contributed by atoms with Crippen LogP contribution in [0.5, 0.6) is 5.75 Å². The first-order valence-corrected chi connectivity index (χ1v) is 10.8. The number of ether oxygens (including phenoxy) is 1. The molecule has 0 amide bonds. The molecular formula is C25H25F3N4O2. The second-order valence-corrected chi connectivity index (χ2v) is 8.23. The SMILES string of the molecule is COc1cc(C2=CC(=N)N(CC(O)c3cc(F)c(F)c(F)c3)CCC2)ccc1-n1cnc(C)c1. The van der Waals surface area contributed by atoms with Crippen LogP contribution in [0.25, 0.3) is 11.3 Å². The lowest BCUT2D eigenvalue weighted by atomic mass is 10.0. The minimum Gasteiger partial charge on any atom is -0.495 e. The fourth-order valence-corrected chi connectivity index (χ4v) is 4.05. The monoisotopic (exact) mass is 470 g/mol. The zero-order valence-electron chi connectivity index (χ0n) is 18.9. The molecule has 0 saturated carbocycles. The van der Waals surface area contributed by atoms with Gasteiger partial charge in [0.25, 0.3) is 0 Å². The lowest BCUT2D eigenvalue weighted by Crippen LogP contribution is -2.33. The van der Waals surface area contributed by atoms with Crippen LogP contribution in [0.2, 0.25) is 0 Å². The molecule has 4 rings (SSSR count). The standard InChI is InChI=1S/C25H25F3N4O2/c1-15-12-32(14-30-15)21-6-5-17(10-23(21)34-2)16-4-3-7-31(24(29)11-16)13-22(33)18-8-19(26)25(28)20(27)9-18/h5-6,8-12,14,22,29,33H,3-4,7,13H2,1-2H3. The van der Waals surface area contributed by atoms with Gasteiger partial charge in [-0.05, 0) is 66.8 Å². The number of β-amino-alcohol motifs (C(OH)–C–C–N with tert-alkyl or cyclic N) is 1. The van der Waals surface area contributed by atoms with Crippen molar-refractivity contribution in [2.24, 2.45) is 0 Å². The quantitative estimate of drug-likeness (QED) is 0.508. The Labute approximate surface area is 195 Å². The largest absolute Gasteiger partial charge is 0.495 e. The van der Waals surface area contributed by atoms with Crippen LogP contribution in [-0.2, 0) is 0 Å². The van der Waals surface area contributed by atoms with E-state index in [4.69, 9.17) is 10.1 Å². The Hall–Kier alpha value is -3.59. The van der Waals surface area contributed by atoms with Crippen LogP contribution in [0.3, 0.4) is 0 Å². The number of rotatable bonds is 6. The van der Waals surface area contributed by atoms with E-state index in [9.17, 15) is 18.3 Å². The topological polar surface area (TPSA) is 74.4 Å². The predicted molar refractivity (Wildman–Crippen MR) is 123 cm³/mol. The predicted octanol–water partition coefficient (Wildman–Crippen LogP) is 4.80. The first-order valence-electron chi connectivity index (χ1n) is 10.8. The van der Waals surface area contributed by atoms with Gasteiger partial charge in [-0.25, -0.2) is 18.2 Å². The van der Waals surface area contributed by atoms with Gasteiger partial charge in [0, 0.05) is 19.3 Å². The molecule has 3 aromatic rings. The number of aliphatic hydroxyl groups excluding tert-OH is 1. The van der Waals surface area contributed by atoms with E-state index in [0.29, 0.717) is 25.1 Å². The van der Waals surface area contributed by atoms with E-state index in [2.05, 4.69) is 4.98 Å². The Morgan fingerprint density at radius 2 is 1.91 bits per heavy atom. The normalized spacial score (nSPS) is 15.2. The maximum Gasteiger partial charge on any atom is 0.194 e. The van der Waals surface area contributed by atoms with E-state index in [1.54, 1.807) is 24.4 Å². The van der Waals surface area contributed by atoms with E-state index in [-0.39, 0.29) is 17.9 Å². The molecule has 0 bridgehead atoms. The van der Waals surface area contributed by atoms with Crippen molar-refractivity contribution in [2.75, 3.05) is 20.2 Å². The van der Waals surface area contributed by atoms with E-state index < -0.39 is 23.6 Å². The first kappa shape index (κ1) is 23.6. The molecule has 0 aliphatic carbocycles. The Morgan fingerprint density at radius 1 is 1.18 bits per heavy atom. The van der Waals surface area contributed by atoms with Crippen molar-refractivity contribution < 1.29 is 23.0 Å². The smallest absolute Gasteiger partial charge is 0.194 e. The summed E-state index contributed by atoms with van der Waals surface area (Å²) in [5.41, 5.74) is 3.51. The van der Waals surface area contributed by atoms with Crippen molar-refractivity contribution in [2.45, 2.75) is 25.9 Å². The number of aromatic nitrogens is 2. The van der Waals surface area contributed by atoms with Crippen LogP contribution in [0.4, 0.5) is 13.2 Å². The first-order chi connectivity index (χ1) is 16.3. The van der Waals surface area contributed by atoms with Crippen molar-refractivity contribution in [1.29, 1.82) is 5.41 Å². The molecular weight excluding hydrogens is 445 g/mol. The van der Waals surface area contributed by atoms with Crippen LogP contribution >= 0.6 is 0 Å². The number of amidine groups is 1. The molecule has 0 radical (unpaired) electrons. The van der Waals surface area contributed by atoms with Gasteiger partial charge >= 0.3 is 0 Å². The summed E-state index contributed by atoms with van der Waals surface area (Å²) in [4.78, 5) is 5.89. The zero-order chi connectivity index (χ0) is 24.4. The van der Waals surface area contributed by atoms with Crippen LogP contribution in [0, 0.1) is 29.8 Å². The van der Waals surface area contributed by atoms with Gasteiger partial charge in [0.1, 0.15) is 11.6 Å². The van der Waals surface area contributed by atoms with Gasteiger partial charge < -0.3 is 19.3 Å². The Bertz CT molecular complexity index is 1230. The second-order valence-electron chi connectivity index (χ2n) is 8.23. The van der Waals surface area contributed by atoms with Gasteiger partial charge in [-0.2, -0.15) is 0 Å². The molecule has 0 spiro atoms. The second kappa shape index (κ2) is 9.72. The summed E-state index contributed by atoms with van der Waals surface area (Å²) in [6, 6.07) is 7.37. The van der Waals surface area contributed by atoms with E-state index in [1.807, 2.05) is 35.9 Å². The molecule has 2 heterocycles. The number of aliphatic hydroxyl groups is 1. The van der Waals surface area contributed by atoms with Crippen molar-refractivity contribution >= 4 is 11.4 Å². The van der Waals surface area contributed by atoms with Crippen molar-refractivity contribution in [3.63, 3.8) is 0 Å². The Morgan fingerprint density at radius 3 is 2.56 bits per heavy atom. The number of aryl methyl sites for hydroxylation is 1. The molecule has 6 nitrogen and oxygen atoms in total. The molecule has 1 aliphatic heterocycles. The van der Waals surface area contributed by atoms with Crippen molar-refractivity contribution in [3.05, 3.63) is 83.2 Å². The summed E-state index contributed by atoms with van der Waals surface area (Å²) < 4.78 is 47.8. The van der Waals surface area contributed by atoms with Gasteiger partial charge in [0.15, 0.2) is 17.5 Å². The maximum absolute atomic E-state index is 13.6. The number of nitrogens with one attached hydrogen (secondary N) is 1. The van der Waals surface area contributed by atoms with Crippen LogP contribution in [0.1, 0.15) is 35.8 Å². The highest BCUT2D eigenvalue weighted by Crippen LogP contribution is 2.31. The molecule has 9 heteroatoms. The highest BCUT2D eigenvalue weighted by atomic mass is 19.2. The third-order valence-electron chi connectivity index (χ3n) is 5.85. The average Bonchev–Trinajstić information content (AvgIpc) is 3.17. The van der Waals surface area contributed by atoms with E-state index in [1.165, 1.54) is 0 Å². The van der Waals surface area contributed by atoms with Crippen molar-refractivity contribution in [3.8, 4) is 11.4 Å². The minimum atomic E-state index is -1.57. The highest BCUT2D eigenvalue weighted by molar-refractivity contribution is 5.98. The molecule has 1 aromatic heterocycles. The third kappa shape index (κ3) is 4.84. The number of methoxy groups -OCH3 is 1. The van der Waals surface area contributed by atoms with Crippen LogP contribution < -0.4 is 4.74 Å². The van der Waals surface area contributed by atoms with E-state index >= 15 is 0 Å². The van der Waals surface area contributed by atoms with E-state index in [0.717, 1.165) is 34.7 Å². The molecule has 0 saturated heterocycles. The minimum absolute atomic E-state index is 0.0463. The summed E-state index contributed by atoms with van der Waals surface area (Å²) in [6.07, 6.45) is 5.47. The molecule has 178 valence electrons. The number of allylic oxidation sites excluding steroid dienone is 1. The molecule has 2 N–H and O–H groups in total. The molecule has 1 aliphatic rings. The lowest BCUT2D eigenvalue weighted by Gasteiger charge is -2.25. The van der Waals surface area contributed by atoms with Gasteiger partial charge in [0.2, 0.25) is 0 Å². The summed E-state index contributed by atoms with van der Waals surface area (Å²) in [5.74, 6) is -3.45. The number of hydrogen-bond acceptors (Lipinski definition) is 4. The number of benzene rings is 2. The lowest BCUT2D eigenvalue weighted by molar-refractivity contribution is 0.143. The summed E-state index contributed by atoms with van der Waals surface area (Å²) in [5, 5.41) is 19.0. The Balaban J connectivity index is 1.54. The fourth-order valence-electron chi connectivity index (χ4n) is 4.05. The molecule has 1 unspecified atom stereocenters. The summed E-state index contributed by atoms with van der Waals surface area (Å²) >= 11 is 0. The molecule has 34 heavy (non-hydrogen) atoms. The molecule has 2 aromatic carbocycles. The number of imidazole rings is 1. The van der Waals surface area contributed by atoms with Gasteiger partial charge in [-0.3, -0.25) is 5.41 Å². The Kier molecular flexibility index (Phi) is 6.74. The fraction of sp³-hybridized carbons (Fsp3) is 0.280. The van der Waals surface area contributed by atoms with Crippen LogP contribution in [-0.4, -0.2) is 45.6 Å².